The predicted octanol–water partition coefficient (Wildman–Crippen LogP) is 2.01. The number of amides is 1. The Kier molecular flexibility index (Phi) is 4.14. The average Bonchev–Trinajstić information content (AvgIpc) is 3.30. The van der Waals surface area contributed by atoms with Crippen molar-refractivity contribution in [2.75, 3.05) is 20.2 Å². The standard InChI is InChI=1S/C18H18FN5O3/c1-22-16-12(24(17(22)25)18(26)23-8-3-4-9-23)10-20-15(21-16)11-6-5-7-13(27-2)14(11)19/h5-7,10H,3-4,8-9H2,1-2H3. The smallest absolute Gasteiger partial charge is 0.338 e. The Morgan fingerprint density at radius 2 is 2.00 bits per heavy atom. The van der Waals surface area contributed by atoms with Gasteiger partial charge in [-0.05, 0) is 25.0 Å². The van der Waals surface area contributed by atoms with Crippen LogP contribution in [0.5, 0.6) is 5.75 Å². The average molecular weight is 371 g/mol. The van der Waals surface area contributed by atoms with Crippen LogP contribution in [0, 0.1) is 5.82 Å². The van der Waals surface area contributed by atoms with Gasteiger partial charge in [-0.1, -0.05) is 6.07 Å². The summed E-state index contributed by atoms with van der Waals surface area (Å²) in [5.74, 6) is -0.399. The van der Waals surface area contributed by atoms with E-state index in [9.17, 15) is 14.0 Å². The summed E-state index contributed by atoms with van der Waals surface area (Å²) in [6.07, 6.45) is 3.22. The van der Waals surface area contributed by atoms with Crippen LogP contribution in [0.25, 0.3) is 22.6 Å². The Morgan fingerprint density at radius 3 is 2.70 bits per heavy atom. The molecule has 2 aromatic heterocycles. The molecular weight excluding hydrogens is 353 g/mol. The van der Waals surface area contributed by atoms with Gasteiger partial charge in [0, 0.05) is 20.1 Å². The third-order valence-electron chi connectivity index (χ3n) is 4.78. The van der Waals surface area contributed by atoms with Crippen LogP contribution in [0.1, 0.15) is 12.8 Å². The number of methoxy groups -OCH3 is 1. The molecule has 1 amide bonds. The fourth-order valence-electron chi connectivity index (χ4n) is 3.32. The molecule has 0 spiro atoms. The molecule has 0 atom stereocenters. The largest absolute Gasteiger partial charge is 0.494 e. The number of benzene rings is 1. The molecule has 0 aliphatic carbocycles. The number of imidazole rings is 1. The van der Waals surface area contributed by atoms with E-state index < -0.39 is 11.5 Å². The summed E-state index contributed by atoms with van der Waals surface area (Å²) in [5.41, 5.74) is 0.216. The molecule has 0 radical (unpaired) electrons. The van der Waals surface area contributed by atoms with Crippen LogP contribution in [-0.2, 0) is 7.05 Å². The van der Waals surface area contributed by atoms with Crippen molar-refractivity contribution in [3.63, 3.8) is 0 Å². The van der Waals surface area contributed by atoms with Gasteiger partial charge in [-0.15, -0.1) is 0 Å². The normalized spacial score (nSPS) is 14.1. The number of carbonyl (C=O) groups is 1. The van der Waals surface area contributed by atoms with Crippen LogP contribution in [-0.4, -0.2) is 50.2 Å². The van der Waals surface area contributed by atoms with Crippen molar-refractivity contribution in [2.24, 2.45) is 7.05 Å². The molecular formula is C18H18FN5O3. The van der Waals surface area contributed by atoms with E-state index in [1.165, 1.54) is 37.1 Å². The first-order valence-corrected chi connectivity index (χ1v) is 8.59. The molecule has 0 unspecified atom stereocenters. The van der Waals surface area contributed by atoms with Crippen molar-refractivity contribution in [1.82, 2.24) is 24.0 Å². The number of halogens is 1. The van der Waals surface area contributed by atoms with E-state index in [0.29, 0.717) is 18.6 Å². The molecule has 4 rings (SSSR count). The molecule has 9 heteroatoms. The van der Waals surface area contributed by atoms with Gasteiger partial charge in [0.2, 0.25) is 0 Å². The number of aryl methyl sites for hydroxylation is 1. The van der Waals surface area contributed by atoms with Crippen molar-refractivity contribution < 1.29 is 13.9 Å². The summed E-state index contributed by atoms with van der Waals surface area (Å²) in [6.45, 7) is 1.24. The summed E-state index contributed by atoms with van der Waals surface area (Å²) in [5, 5.41) is 0. The van der Waals surface area contributed by atoms with Crippen LogP contribution >= 0.6 is 0 Å². The van der Waals surface area contributed by atoms with Crippen molar-refractivity contribution in [3.8, 4) is 17.1 Å². The third-order valence-corrected chi connectivity index (χ3v) is 4.78. The van der Waals surface area contributed by atoms with Crippen LogP contribution < -0.4 is 10.4 Å². The summed E-state index contributed by atoms with van der Waals surface area (Å²) in [6, 6.07) is 4.28. The maximum absolute atomic E-state index is 14.5. The number of likely N-dealkylation sites (tertiary alicyclic amines) is 1. The lowest BCUT2D eigenvalue weighted by Crippen LogP contribution is -2.38. The van der Waals surface area contributed by atoms with E-state index in [1.807, 2.05) is 0 Å². The van der Waals surface area contributed by atoms with Gasteiger partial charge >= 0.3 is 11.7 Å². The molecule has 1 aliphatic heterocycles. The highest BCUT2D eigenvalue weighted by atomic mass is 19.1. The molecule has 8 nitrogen and oxygen atoms in total. The van der Waals surface area contributed by atoms with Crippen molar-refractivity contribution >= 4 is 17.2 Å². The summed E-state index contributed by atoms with van der Waals surface area (Å²) in [7, 11) is 2.90. The van der Waals surface area contributed by atoms with Gasteiger partial charge in [-0.2, -0.15) is 0 Å². The lowest BCUT2D eigenvalue weighted by Gasteiger charge is -2.14. The van der Waals surface area contributed by atoms with E-state index in [2.05, 4.69) is 9.97 Å². The van der Waals surface area contributed by atoms with Gasteiger partial charge in [-0.25, -0.2) is 28.5 Å². The van der Waals surface area contributed by atoms with Crippen molar-refractivity contribution in [2.45, 2.75) is 12.8 Å². The quantitative estimate of drug-likeness (QED) is 0.688. The first-order valence-electron chi connectivity index (χ1n) is 8.59. The Hall–Kier alpha value is -3.23. The fraction of sp³-hybridized carbons (Fsp3) is 0.333. The van der Waals surface area contributed by atoms with Crippen molar-refractivity contribution in [3.05, 3.63) is 40.7 Å². The minimum Gasteiger partial charge on any atom is -0.494 e. The molecule has 0 N–H and O–H groups in total. The Bertz CT molecular complexity index is 1100. The van der Waals surface area contributed by atoms with E-state index >= 15 is 0 Å². The molecule has 27 heavy (non-hydrogen) atoms. The Balaban J connectivity index is 1.86. The number of hydrogen-bond acceptors (Lipinski definition) is 5. The molecule has 1 aliphatic rings. The minimum atomic E-state index is -0.586. The molecule has 1 fully saturated rings. The minimum absolute atomic E-state index is 0.0758. The van der Waals surface area contributed by atoms with Crippen LogP contribution in [0.3, 0.4) is 0 Å². The molecule has 0 bridgehead atoms. The maximum Gasteiger partial charge on any atom is 0.338 e. The number of fused-ring (bicyclic) bond motifs is 1. The van der Waals surface area contributed by atoms with Crippen LogP contribution in [0.2, 0.25) is 0 Å². The number of aromatic nitrogens is 4. The van der Waals surface area contributed by atoms with Crippen LogP contribution in [0.15, 0.2) is 29.2 Å². The van der Waals surface area contributed by atoms with Gasteiger partial charge < -0.3 is 9.64 Å². The lowest BCUT2D eigenvalue weighted by atomic mass is 10.2. The number of carbonyl (C=O) groups excluding carboxylic acids is 1. The van der Waals surface area contributed by atoms with Gasteiger partial charge in [0.25, 0.3) is 0 Å². The predicted molar refractivity (Wildman–Crippen MR) is 96.3 cm³/mol. The number of hydrogen-bond donors (Lipinski definition) is 0. The summed E-state index contributed by atoms with van der Waals surface area (Å²) in [4.78, 5) is 35.5. The molecule has 1 saturated heterocycles. The number of nitrogens with zero attached hydrogens (tertiary/aromatic N) is 5. The van der Waals surface area contributed by atoms with Crippen molar-refractivity contribution in [1.29, 1.82) is 0 Å². The molecule has 0 saturated carbocycles. The monoisotopic (exact) mass is 371 g/mol. The fourth-order valence-corrected chi connectivity index (χ4v) is 3.32. The topological polar surface area (TPSA) is 82.2 Å². The zero-order chi connectivity index (χ0) is 19.1. The first-order chi connectivity index (χ1) is 13.0. The van der Waals surface area contributed by atoms with E-state index in [-0.39, 0.29) is 28.8 Å². The lowest BCUT2D eigenvalue weighted by molar-refractivity contribution is 0.210. The van der Waals surface area contributed by atoms with E-state index in [4.69, 9.17) is 4.74 Å². The highest BCUT2D eigenvalue weighted by molar-refractivity contribution is 5.88. The summed E-state index contributed by atoms with van der Waals surface area (Å²) < 4.78 is 21.9. The van der Waals surface area contributed by atoms with Gasteiger partial charge in [0.05, 0.1) is 18.9 Å². The zero-order valence-corrected chi connectivity index (χ0v) is 15.0. The van der Waals surface area contributed by atoms with Gasteiger partial charge in [-0.3, -0.25) is 4.57 Å². The zero-order valence-electron chi connectivity index (χ0n) is 15.0. The second-order valence-electron chi connectivity index (χ2n) is 6.38. The first kappa shape index (κ1) is 17.2. The van der Waals surface area contributed by atoms with Gasteiger partial charge in [0.1, 0.15) is 5.52 Å². The Morgan fingerprint density at radius 1 is 1.26 bits per heavy atom. The number of rotatable bonds is 2. The van der Waals surface area contributed by atoms with E-state index in [0.717, 1.165) is 17.4 Å². The summed E-state index contributed by atoms with van der Waals surface area (Å²) >= 11 is 0. The second kappa shape index (κ2) is 6.49. The molecule has 140 valence electrons. The Labute approximate surface area is 153 Å². The molecule has 3 heterocycles. The van der Waals surface area contributed by atoms with Gasteiger partial charge in [0.15, 0.2) is 23.0 Å². The SMILES string of the molecule is COc1cccc(-c2ncc3c(n2)n(C)c(=O)n3C(=O)N2CCCC2)c1F. The number of ether oxygens (including phenoxy) is 1. The van der Waals surface area contributed by atoms with E-state index in [1.54, 1.807) is 11.0 Å². The third kappa shape index (κ3) is 2.66. The van der Waals surface area contributed by atoms with Crippen LogP contribution in [0.4, 0.5) is 9.18 Å². The molecule has 1 aromatic carbocycles. The highest BCUT2D eigenvalue weighted by Gasteiger charge is 2.25. The maximum atomic E-state index is 14.5. The highest BCUT2D eigenvalue weighted by Crippen LogP contribution is 2.27. The molecule has 3 aromatic rings. The second-order valence-corrected chi connectivity index (χ2v) is 6.38.